The maximum atomic E-state index is 12.6. The van der Waals surface area contributed by atoms with E-state index < -0.39 is 6.04 Å². The van der Waals surface area contributed by atoms with Gasteiger partial charge in [0, 0.05) is 23.4 Å². The van der Waals surface area contributed by atoms with Gasteiger partial charge in [-0.25, -0.2) is 0 Å². The van der Waals surface area contributed by atoms with Crippen molar-refractivity contribution in [2.24, 2.45) is 0 Å². The topological polar surface area (TPSA) is 71.4 Å². The van der Waals surface area contributed by atoms with Gasteiger partial charge in [-0.15, -0.1) is 11.8 Å². The van der Waals surface area contributed by atoms with Crippen LogP contribution in [-0.4, -0.2) is 39.0 Å². The summed E-state index contributed by atoms with van der Waals surface area (Å²) in [6, 6.07) is 9.16. The fourth-order valence-corrected chi connectivity index (χ4v) is 4.55. The fraction of sp³-hybridized carbons (Fsp3) is 0.353. The number of carbonyl (C=O) groups is 2. The van der Waals surface area contributed by atoms with E-state index in [9.17, 15) is 14.4 Å². The molecule has 2 aromatic rings. The van der Waals surface area contributed by atoms with Gasteiger partial charge in [-0.05, 0) is 12.5 Å². The molecule has 8 heteroatoms. The Kier molecular flexibility index (Phi) is 5.60. The van der Waals surface area contributed by atoms with Gasteiger partial charge in [0.25, 0.3) is 0 Å². The molecular weight excluding hydrogens is 358 g/mol. The lowest BCUT2D eigenvalue weighted by Crippen LogP contribution is -2.48. The Morgan fingerprint density at radius 3 is 2.72 bits per heavy atom. The van der Waals surface area contributed by atoms with Gasteiger partial charge in [-0.1, -0.05) is 41.7 Å². The summed E-state index contributed by atoms with van der Waals surface area (Å²) in [7, 11) is 0. The molecule has 6 nitrogen and oxygen atoms in total. The van der Waals surface area contributed by atoms with Crippen LogP contribution < -0.4 is 10.2 Å². The monoisotopic (exact) mass is 377 g/mol. The number of thiazole rings is 1. The number of hydrogen-bond acceptors (Lipinski definition) is 5. The minimum atomic E-state index is -0.490. The van der Waals surface area contributed by atoms with Gasteiger partial charge in [0.2, 0.25) is 11.8 Å². The molecule has 0 aliphatic carbocycles. The van der Waals surface area contributed by atoms with Crippen LogP contribution in [0.5, 0.6) is 0 Å². The van der Waals surface area contributed by atoms with Crippen molar-refractivity contribution in [2.45, 2.75) is 26.1 Å². The molecule has 2 heterocycles. The lowest BCUT2D eigenvalue weighted by Gasteiger charge is -2.23. The van der Waals surface area contributed by atoms with Crippen molar-refractivity contribution in [3.05, 3.63) is 56.6 Å². The van der Waals surface area contributed by atoms with Crippen molar-refractivity contribution in [3.63, 3.8) is 0 Å². The molecule has 1 aliphatic heterocycles. The smallest absolute Gasteiger partial charge is 0.307 e. The molecule has 1 fully saturated rings. The Labute approximate surface area is 153 Å². The van der Waals surface area contributed by atoms with E-state index in [4.69, 9.17) is 0 Å². The van der Waals surface area contributed by atoms with Gasteiger partial charge in [0.15, 0.2) is 0 Å². The maximum Gasteiger partial charge on any atom is 0.307 e. The summed E-state index contributed by atoms with van der Waals surface area (Å²) in [6.07, 6.45) is 0. The molecule has 0 spiro atoms. The first-order valence-electron chi connectivity index (χ1n) is 7.90. The molecule has 132 valence electrons. The van der Waals surface area contributed by atoms with Gasteiger partial charge in [-0.3, -0.25) is 19.0 Å². The summed E-state index contributed by atoms with van der Waals surface area (Å²) in [6.45, 7) is 2.22. The number of aryl methyl sites for hydroxylation is 1. The summed E-state index contributed by atoms with van der Waals surface area (Å²) in [5.74, 6) is 0.689. The second kappa shape index (κ2) is 7.88. The van der Waals surface area contributed by atoms with E-state index in [0.717, 1.165) is 22.6 Å². The molecule has 0 unspecified atom stereocenters. The van der Waals surface area contributed by atoms with E-state index in [0.29, 0.717) is 18.2 Å². The molecule has 1 N–H and O–H groups in total. The number of thioether (sulfide) groups is 1. The molecule has 0 saturated carbocycles. The molecule has 1 saturated heterocycles. The molecule has 1 atom stereocenters. The van der Waals surface area contributed by atoms with E-state index in [1.807, 2.05) is 30.3 Å². The first-order chi connectivity index (χ1) is 12.1. The summed E-state index contributed by atoms with van der Waals surface area (Å²) >= 11 is 2.63. The van der Waals surface area contributed by atoms with Gasteiger partial charge in [-0.2, -0.15) is 0 Å². The van der Waals surface area contributed by atoms with Crippen LogP contribution in [0.15, 0.2) is 40.5 Å². The zero-order chi connectivity index (χ0) is 17.8. The lowest BCUT2D eigenvalue weighted by molar-refractivity contribution is -0.138. The molecular formula is C17H19N3O3S2. The minimum absolute atomic E-state index is 0.0167. The van der Waals surface area contributed by atoms with E-state index in [-0.39, 0.29) is 23.2 Å². The largest absolute Gasteiger partial charge is 0.350 e. The highest BCUT2D eigenvalue weighted by Gasteiger charge is 2.34. The average Bonchev–Trinajstić information content (AvgIpc) is 3.23. The van der Waals surface area contributed by atoms with Gasteiger partial charge >= 0.3 is 4.87 Å². The first kappa shape index (κ1) is 17.8. The van der Waals surface area contributed by atoms with Crippen LogP contribution in [0.25, 0.3) is 0 Å². The van der Waals surface area contributed by atoms with Crippen molar-refractivity contribution in [1.82, 2.24) is 14.8 Å². The van der Waals surface area contributed by atoms with Crippen LogP contribution in [0.4, 0.5) is 0 Å². The van der Waals surface area contributed by atoms with Gasteiger partial charge in [0.05, 0.1) is 5.88 Å². The number of benzene rings is 1. The van der Waals surface area contributed by atoms with Crippen LogP contribution in [0.3, 0.4) is 0 Å². The number of amides is 2. The third kappa shape index (κ3) is 4.13. The summed E-state index contributed by atoms with van der Waals surface area (Å²) < 4.78 is 1.45. The Morgan fingerprint density at radius 1 is 1.28 bits per heavy atom. The lowest BCUT2D eigenvalue weighted by atomic mass is 10.2. The van der Waals surface area contributed by atoms with Crippen molar-refractivity contribution < 1.29 is 9.59 Å². The average molecular weight is 377 g/mol. The first-order valence-corrected chi connectivity index (χ1v) is 9.93. The number of nitrogens with zero attached hydrogens (tertiary/aromatic N) is 2. The second-order valence-electron chi connectivity index (χ2n) is 5.81. The van der Waals surface area contributed by atoms with E-state index in [1.54, 1.807) is 29.0 Å². The molecule has 1 aliphatic rings. The standard InChI is InChI=1S/C17H19N3O3S2/c1-12-9-25-17(23)19(12)8-15(21)20-11-24-10-14(20)16(22)18-7-13-5-3-2-4-6-13/h2-6,9,14H,7-8,10-11H2,1H3,(H,18,22)/t14-/m0/s1. The Balaban J connectivity index is 1.62. The predicted octanol–water partition coefficient (Wildman–Crippen LogP) is 1.44. The molecule has 2 amide bonds. The zero-order valence-electron chi connectivity index (χ0n) is 13.8. The summed E-state index contributed by atoms with van der Waals surface area (Å²) in [5, 5.41) is 4.63. The minimum Gasteiger partial charge on any atom is -0.350 e. The second-order valence-corrected chi connectivity index (χ2v) is 7.63. The molecule has 1 aromatic heterocycles. The van der Waals surface area contributed by atoms with Crippen LogP contribution in [0, 0.1) is 6.92 Å². The SMILES string of the molecule is Cc1csc(=O)n1CC(=O)N1CSC[C@H]1C(=O)NCc1ccccc1. The quantitative estimate of drug-likeness (QED) is 0.856. The number of carbonyl (C=O) groups excluding carboxylic acids is 2. The zero-order valence-corrected chi connectivity index (χ0v) is 15.4. The van der Waals surface area contributed by atoms with Crippen LogP contribution in [-0.2, 0) is 22.7 Å². The molecule has 0 radical (unpaired) electrons. The van der Waals surface area contributed by atoms with Crippen LogP contribution in [0.1, 0.15) is 11.3 Å². The fourth-order valence-electron chi connectivity index (χ4n) is 2.63. The Morgan fingerprint density at radius 2 is 2.04 bits per heavy atom. The predicted molar refractivity (Wildman–Crippen MR) is 99.6 cm³/mol. The van der Waals surface area contributed by atoms with Crippen LogP contribution >= 0.6 is 23.1 Å². The van der Waals surface area contributed by atoms with Crippen molar-refractivity contribution in [2.75, 3.05) is 11.6 Å². The molecule has 25 heavy (non-hydrogen) atoms. The third-order valence-electron chi connectivity index (χ3n) is 4.08. The van der Waals surface area contributed by atoms with E-state index in [1.165, 1.54) is 4.57 Å². The third-order valence-corrected chi connectivity index (χ3v) is 5.98. The Hall–Kier alpha value is -2.06. The molecule has 1 aromatic carbocycles. The normalized spacial score (nSPS) is 16.8. The number of aromatic nitrogens is 1. The van der Waals surface area contributed by atoms with Gasteiger partial charge in [0.1, 0.15) is 12.6 Å². The number of hydrogen-bond donors (Lipinski definition) is 1. The van der Waals surface area contributed by atoms with E-state index in [2.05, 4.69) is 5.32 Å². The van der Waals surface area contributed by atoms with Crippen LogP contribution in [0.2, 0.25) is 0 Å². The maximum absolute atomic E-state index is 12.6. The molecule has 3 rings (SSSR count). The summed E-state index contributed by atoms with van der Waals surface area (Å²) in [4.78, 5) is 38.3. The summed E-state index contributed by atoms with van der Waals surface area (Å²) in [5.41, 5.74) is 1.78. The van der Waals surface area contributed by atoms with Crippen molar-refractivity contribution in [1.29, 1.82) is 0 Å². The highest BCUT2D eigenvalue weighted by molar-refractivity contribution is 7.99. The van der Waals surface area contributed by atoms with E-state index >= 15 is 0 Å². The number of rotatable bonds is 5. The number of nitrogens with one attached hydrogen (secondary N) is 1. The van der Waals surface area contributed by atoms with Crippen molar-refractivity contribution in [3.8, 4) is 0 Å². The highest BCUT2D eigenvalue weighted by atomic mass is 32.2. The molecule has 0 bridgehead atoms. The highest BCUT2D eigenvalue weighted by Crippen LogP contribution is 2.21. The Bertz CT molecular complexity index is 816. The van der Waals surface area contributed by atoms with Crippen molar-refractivity contribution >= 4 is 34.9 Å². The van der Waals surface area contributed by atoms with Gasteiger partial charge < -0.3 is 10.2 Å².